The second kappa shape index (κ2) is 7.28. The highest BCUT2D eigenvalue weighted by Crippen LogP contribution is 2.30. The lowest BCUT2D eigenvalue weighted by molar-refractivity contribution is -0.122. The van der Waals surface area contributed by atoms with Gasteiger partial charge in [0, 0.05) is 19.5 Å². The molecule has 0 radical (unpaired) electrons. The summed E-state index contributed by atoms with van der Waals surface area (Å²) in [5.41, 5.74) is 0. The van der Waals surface area contributed by atoms with Gasteiger partial charge < -0.3 is 10.2 Å². The van der Waals surface area contributed by atoms with Gasteiger partial charge in [-0.3, -0.25) is 4.79 Å². The maximum atomic E-state index is 12.0. The fourth-order valence-electron chi connectivity index (χ4n) is 3.78. The first-order chi connectivity index (χ1) is 9.13. The van der Waals surface area contributed by atoms with Gasteiger partial charge in [-0.25, -0.2) is 0 Å². The second-order valence-corrected chi connectivity index (χ2v) is 6.92. The Bertz CT molecular complexity index is 292. The maximum Gasteiger partial charge on any atom is 0.220 e. The number of likely N-dealkylation sites (tertiary alicyclic amines) is 1. The Morgan fingerprint density at radius 1 is 1.21 bits per heavy atom. The van der Waals surface area contributed by atoms with Crippen molar-refractivity contribution < 1.29 is 4.79 Å². The van der Waals surface area contributed by atoms with Gasteiger partial charge in [0.25, 0.3) is 0 Å². The molecule has 2 rings (SSSR count). The molecule has 2 aliphatic rings. The summed E-state index contributed by atoms with van der Waals surface area (Å²) >= 11 is 0. The minimum Gasteiger partial charge on any atom is -0.356 e. The fraction of sp³-hybridized carbons (Fsp3) is 0.938. The van der Waals surface area contributed by atoms with E-state index in [-0.39, 0.29) is 5.91 Å². The minimum absolute atomic E-state index is 0.285. The first-order valence-electron chi connectivity index (χ1n) is 8.08. The molecule has 0 aromatic rings. The summed E-state index contributed by atoms with van der Waals surface area (Å²) in [5, 5.41) is 3.17. The van der Waals surface area contributed by atoms with E-state index in [9.17, 15) is 4.79 Å². The number of rotatable bonds is 4. The van der Waals surface area contributed by atoms with Gasteiger partial charge in [-0.2, -0.15) is 0 Å². The highest BCUT2D eigenvalue weighted by atomic mass is 16.1. The van der Waals surface area contributed by atoms with Crippen LogP contribution in [0.2, 0.25) is 0 Å². The van der Waals surface area contributed by atoms with E-state index in [1.54, 1.807) is 0 Å². The van der Waals surface area contributed by atoms with Crippen LogP contribution in [0, 0.1) is 17.8 Å². The van der Waals surface area contributed by atoms with E-state index in [0.717, 1.165) is 25.4 Å². The Kier molecular flexibility index (Phi) is 5.68. The van der Waals surface area contributed by atoms with E-state index in [4.69, 9.17) is 0 Å². The largest absolute Gasteiger partial charge is 0.356 e. The van der Waals surface area contributed by atoms with Gasteiger partial charge in [-0.05, 0) is 57.0 Å². The zero-order chi connectivity index (χ0) is 13.7. The molecule has 1 heterocycles. The van der Waals surface area contributed by atoms with Gasteiger partial charge >= 0.3 is 0 Å². The lowest BCUT2D eigenvalue weighted by Gasteiger charge is -2.30. The lowest BCUT2D eigenvalue weighted by Crippen LogP contribution is -2.39. The van der Waals surface area contributed by atoms with Crippen molar-refractivity contribution in [3.05, 3.63) is 0 Å². The fourth-order valence-corrected chi connectivity index (χ4v) is 3.78. The van der Waals surface area contributed by atoms with Crippen molar-refractivity contribution in [2.45, 2.75) is 51.9 Å². The molecule has 1 aliphatic heterocycles. The summed E-state index contributed by atoms with van der Waals surface area (Å²) < 4.78 is 0. The minimum atomic E-state index is 0.285. The summed E-state index contributed by atoms with van der Waals surface area (Å²) in [7, 11) is 2.18. The van der Waals surface area contributed by atoms with Crippen LogP contribution in [0.25, 0.3) is 0 Å². The summed E-state index contributed by atoms with van der Waals surface area (Å²) in [6.45, 7) is 5.55. The van der Waals surface area contributed by atoms with E-state index in [1.165, 1.54) is 45.1 Å². The molecule has 2 fully saturated rings. The van der Waals surface area contributed by atoms with Gasteiger partial charge in [-0.15, -0.1) is 0 Å². The molecule has 1 saturated heterocycles. The van der Waals surface area contributed by atoms with Gasteiger partial charge in [0.05, 0.1) is 0 Å². The van der Waals surface area contributed by atoms with Crippen LogP contribution >= 0.6 is 0 Å². The average Bonchev–Trinajstić information content (AvgIpc) is 2.36. The summed E-state index contributed by atoms with van der Waals surface area (Å²) in [6.07, 6.45) is 8.47. The van der Waals surface area contributed by atoms with Crippen LogP contribution in [0.1, 0.15) is 51.9 Å². The molecule has 3 nitrogen and oxygen atoms in total. The van der Waals surface area contributed by atoms with Crippen LogP contribution in [0.5, 0.6) is 0 Å². The molecular formula is C16H30N2O. The van der Waals surface area contributed by atoms with Crippen LogP contribution in [0.3, 0.4) is 0 Å². The first kappa shape index (κ1) is 14.8. The van der Waals surface area contributed by atoms with Crippen LogP contribution < -0.4 is 5.32 Å². The smallest absolute Gasteiger partial charge is 0.220 e. The molecule has 0 aromatic carbocycles. The van der Waals surface area contributed by atoms with Crippen molar-refractivity contribution in [2.24, 2.45) is 17.8 Å². The zero-order valence-electron chi connectivity index (χ0n) is 12.7. The highest BCUT2D eigenvalue weighted by Gasteiger charge is 2.22. The molecule has 19 heavy (non-hydrogen) atoms. The van der Waals surface area contributed by atoms with Crippen molar-refractivity contribution in [3.8, 4) is 0 Å². The number of nitrogens with zero attached hydrogens (tertiary/aromatic N) is 1. The molecule has 1 N–H and O–H groups in total. The summed E-state index contributed by atoms with van der Waals surface area (Å²) in [6, 6.07) is 0. The molecule has 3 atom stereocenters. The third kappa shape index (κ3) is 5.13. The normalized spacial score (nSPS) is 33.1. The highest BCUT2D eigenvalue weighted by molar-refractivity contribution is 5.76. The molecule has 110 valence electrons. The van der Waals surface area contributed by atoms with Crippen molar-refractivity contribution in [2.75, 3.05) is 26.7 Å². The van der Waals surface area contributed by atoms with E-state index in [1.807, 2.05) is 0 Å². The van der Waals surface area contributed by atoms with E-state index in [0.29, 0.717) is 11.8 Å². The molecule has 0 spiro atoms. The number of hydrogen-bond acceptors (Lipinski definition) is 2. The van der Waals surface area contributed by atoms with Crippen molar-refractivity contribution in [1.29, 1.82) is 0 Å². The van der Waals surface area contributed by atoms with E-state index < -0.39 is 0 Å². The van der Waals surface area contributed by atoms with Crippen molar-refractivity contribution in [1.82, 2.24) is 10.2 Å². The Labute approximate surface area is 118 Å². The number of hydrogen-bond donors (Lipinski definition) is 1. The Hall–Kier alpha value is -0.570. The molecule has 3 heteroatoms. The van der Waals surface area contributed by atoms with Crippen molar-refractivity contribution in [3.63, 3.8) is 0 Å². The van der Waals surface area contributed by atoms with Gasteiger partial charge in [0.2, 0.25) is 5.91 Å². The maximum absolute atomic E-state index is 12.0. The number of nitrogens with one attached hydrogen (secondary N) is 1. The number of piperidine rings is 1. The topological polar surface area (TPSA) is 32.3 Å². The standard InChI is InChI=1S/C16H30N2O/c1-13-5-3-6-14(9-13)10-16(19)17-11-15-7-4-8-18(2)12-15/h13-15H,3-12H2,1-2H3,(H,17,19)/t13-,14-,15-/m1/s1. The SMILES string of the molecule is C[C@@H]1CCC[C@@H](CC(=O)NC[C@H]2CCCN(C)C2)C1. The number of carbonyl (C=O) groups is 1. The van der Waals surface area contributed by atoms with E-state index in [2.05, 4.69) is 24.2 Å². The molecule has 0 aromatic heterocycles. The Morgan fingerprint density at radius 2 is 2.00 bits per heavy atom. The monoisotopic (exact) mass is 266 g/mol. The molecule has 1 amide bonds. The predicted octanol–water partition coefficient (Wildman–Crippen LogP) is 2.66. The molecular weight excluding hydrogens is 236 g/mol. The van der Waals surface area contributed by atoms with Crippen LogP contribution in [0.4, 0.5) is 0 Å². The van der Waals surface area contributed by atoms with Gasteiger partial charge in [0.1, 0.15) is 0 Å². The predicted molar refractivity (Wildman–Crippen MR) is 79.0 cm³/mol. The Balaban J connectivity index is 1.63. The molecule has 0 unspecified atom stereocenters. The molecule has 1 aliphatic carbocycles. The first-order valence-corrected chi connectivity index (χ1v) is 8.08. The summed E-state index contributed by atoms with van der Waals surface area (Å²) in [5.74, 6) is 2.40. The Morgan fingerprint density at radius 3 is 2.74 bits per heavy atom. The van der Waals surface area contributed by atoms with Crippen LogP contribution in [-0.2, 0) is 4.79 Å². The molecule has 0 bridgehead atoms. The summed E-state index contributed by atoms with van der Waals surface area (Å²) in [4.78, 5) is 14.4. The molecule has 1 saturated carbocycles. The second-order valence-electron chi connectivity index (χ2n) is 6.92. The third-order valence-electron chi connectivity index (χ3n) is 4.83. The average molecular weight is 266 g/mol. The third-order valence-corrected chi connectivity index (χ3v) is 4.83. The van der Waals surface area contributed by atoms with Gasteiger partial charge in [0.15, 0.2) is 0 Å². The zero-order valence-corrected chi connectivity index (χ0v) is 12.7. The van der Waals surface area contributed by atoms with E-state index >= 15 is 0 Å². The van der Waals surface area contributed by atoms with Crippen LogP contribution in [-0.4, -0.2) is 37.5 Å². The van der Waals surface area contributed by atoms with Gasteiger partial charge in [-0.1, -0.05) is 19.8 Å². The lowest BCUT2D eigenvalue weighted by atomic mass is 9.81. The van der Waals surface area contributed by atoms with Crippen molar-refractivity contribution >= 4 is 5.91 Å². The van der Waals surface area contributed by atoms with Crippen LogP contribution in [0.15, 0.2) is 0 Å². The number of amides is 1. The quantitative estimate of drug-likeness (QED) is 0.848. The number of carbonyl (C=O) groups excluding carboxylic acids is 1.